The zero-order chi connectivity index (χ0) is 11.0. The molecule has 0 spiro atoms. The fourth-order valence-corrected chi connectivity index (χ4v) is 1.79. The minimum Gasteiger partial charge on any atom is -0.261 e. The van der Waals surface area contributed by atoms with E-state index in [9.17, 15) is 10.1 Å². The molecule has 4 nitrogen and oxygen atoms in total. The van der Waals surface area contributed by atoms with E-state index in [1.54, 1.807) is 19.2 Å². The highest BCUT2D eigenvalue weighted by atomic mass is 35.5. The molecular weight excluding hydrogens is 216 g/mol. The van der Waals surface area contributed by atoms with Crippen LogP contribution >= 0.6 is 11.6 Å². The minimum atomic E-state index is -0.423. The van der Waals surface area contributed by atoms with Gasteiger partial charge in [0.1, 0.15) is 0 Å². The van der Waals surface area contributed by atoms with Gasteiger partial charge in [0.05, 0.1) is 16.0 Å². The van der Waals surface area contributed by atoms with Crippen molar-refractivity contribution >= 4 is 28.1 Å². The average Bonchev–Trinajstić information content (AvgIpc) is 2.19. The molecule has 0 amide bonds. The molecule has 2 aromatic rings. The lowest BCUT2D eigenvalue weighted by atomic mass is 10.1. The third-order valence-corrected chi connectivity index (χ3v) is 2.57. The van der Waals surface area contributed by atoms with Gasteiger partial charge in [-0.15, -0.1) is 0 Å². The molecular formula is C10H7ClN2O2. The van der Waals surface area contributed by atoms with Crippen LogP contribution in [0.3, 0.4) is 0 Å². The van der Waals surface area contributed by atoms with Gasteiger partial charge in [0.25, 0.3) is 5.69 Å². The summed E-state index contributed by atoms with van der Waals surface area (Å²) in [5.41, 5.74) is 0.654. The number of hydrogen-bond acceptors (Lipinski definition) is 3. The van der Waals surface area contributed by atoms with Gasteiger partial charge in [-0.2, -0.15) is 0 Å². The van der Waals surface area contributed by atoms with Crippen LogP contribution < -0.4 is 0 Å². The molecule has 0 aliphatic carbocycles. The quantitative estimate of drug-likeness (QED) is 0.550. The molecule has 0 aliphatic heterocycles. The lowest BCUT2D eigenvalue weighted by molar-refractivity contribution is -0.383. The number of nitrogens with zero attached hydrogens (tertiary/aromatic N) is 2. The number of pyridine rings is 1. The van der Waals surface area contributed by atoms with Gasteiger partial charge in [0.15, 0.2) is 0 Å². The second-order valence-corrected chi connectivity index (χ2v) is 3.55. The summed E-state index contributed by atoms with van der Waals surface area (Å²) < 4.78 is 0. The normalized spacial score (nSPS) is 10.5. The van der Waals surface area contributed by atoms with Gasteiger partial charge in [-0.1, -0.05) is 11.6 Å². The van der Waals surface area contributed by atoms with Gasteiger partial charge in [-0.05, 0) is 19.1 Å². The summed E-state index contributed by atoms with van der Waals surface area (Å²) in [6.07, 6.45) is 1.59. The van der Waals surface area contributed by atoms with Crippen molar-refractivity contribution in [3.63, 3.8) is 0 Å². The molecule has 0 saturated heterocycles. The van der Waals surface area contributed by atoms with Crippen molar-refractivity contribution in [2.24, 2.45) is 0 Å². The Kier molecular flexibility index (Phi) is 2.28. The molecule has 0 unspecified atom stereocenters. The maximum Gasteiger partial charge on any atom is 0.279 e. The number of non-ortho nitro benzene ring substituents is 1. The fraction of sp³-hybridized carbons (Fsp3) is 0.100. The molecule has 0 saturated carbocycles. The van der Waals surface area contributed by atoms with Crippen molar-refractivity contribution in [2.45, 2.75) is 6.92 Å². The van der Waals surface area contributed by atoms with Gasteiger partial charge in [-0.25, -0.2) is 0 Å². The van der Waals surface area contributed by atoms with E-state index in [0.29, 0.717) is 21.5 Å². The van der Waals surface area contributed by atoms with Crippen molar-refractivity contribution in [1.29, 1.82) is 0 Å². The standard InChI is InChI=1S/C10H7ClN2O2/c1-6-10-7(4-5-12-6)8(11)2-3-9(10)13(14)15/h2-5H,1H3. The van der Waals surface area contributed by atoms with Crippen molar-refractivity contribution in [1.82, 2.24) is 4.98 Å². The van der Waals surface area contributed by atoms with E-state index in [4.69, 9.17) is 11.6 Å². The predicted octanol–water partition coefficient (Wildman–Crippen LogP) is 3.10. The van der Waals surface area contributed by atoms with Crippen LogP contribution in [0.5, 0.6) is 0 Å². The van der Waals surface area contributed by atoms with E-state index in [0.717, 1.165) is 0 Å². The van der Waals surface area contributed by atoms with Gasteiger partial charge < -0.3 is 0 Å². The number of aromatic nitrogens is 1. The van der Waals surface area contributed by atoms with Gasteiger partial charge in [0.2, 0.25) is 0 Å². The number of aryl methyl sites for hydroxylation is 1. The van der Waals surface area contributed by atoms with E-state index in [1.807, 2.05) is 0 Å². The largest absolute Gasteiger partial charge is 0.279 e. The Labute approximate surface area is 90.7 Å². The molecule has 2 rings (SSSR count). The van der Waals surface area contributed by atoms with Gasteiger partial charge >= 0.3 is 0 Å². The Hall–Kier alpha value is -1.68. The van der Waals surface area contributed by atoms with E-state index >= 15 is 0 Å². The molecule has 5 heteroatoms. The Morgan fingerprint density at radius 3 is 2.80 bits per heavy atom. The van der Waals surface area contributed by atoms with Crippen molar-refractivity contribution in [2.75, 3.05) is 0 Å². The first-order chi connectivity index (χ1) is 7.11. The SMILES string of the molecule is Cc1nccc2c(Cl)ccc([N+](=O)[O-])c12. The number of benzene rings is 1. The number of nitro benzene ring substituents is 1. The zero-order valence-electron chi connectivity index (χ0n) is 7.90. The Morgan fingerprint density at radius 2 is 2.13 bits per heavy atom. The molecule has 1 heterocycles. The summed E-state index contributed by atoms with van der Waals surface area (Å²) in [7, 11) is 0. The second-order valence-electron chi connectivity index (χ2n) is 3.14. The number of nitro groups is 1. The summed E-state index contributed by atoms with van der Waals surface area (Å²) in [5.74, 6) is 0. The predicted molar refractivity (Wildman–Crippen MR) is 58.1 cm³/mol. The lowest BCUT2D eigenvalue weighted by Crippen LogP contribution is -1.93. The monoisotopic (exact) mass is 222 g/mol. The molecule has 1 aromatic heterocycles. The Bertz CT molecular complexity index is 554. The highest BCUT2D eigenvalue weighted by molar-refractivity contribution is 6.36. The highest BCUT2D eigenvalue weighted by Gasteiger charge is 2.15. The Balaban J connectivity index is 2.96. The fourth-order valence-electron chi connectivity index (χ4n) is 1.57. The third kappa shape index (κ3) is 1.53. The van der Waals surface area contributed by atoms with Gasteiger partial charge in [-0.3, -0.25) is 15.1 Å². The summed E-state index contributed by atoms with van der Waals surface area (Å²) >= 11 is 5.96. The number of halogens is 1. The molecule has 0 aliphatic rings. The van der Waals surface area contributed by atoms with Crippen LogP contribution in [0.1, 0.15) is 5.69 Å². The second kappa shape index (κ2) is 3.47. The van der Waals surface area contributed by atoms with Crippen LogP contribution in [-0.2, 0) is 0 Å². The first-order valence-electron chi connectivity index (χ1n) is 4.29. The maximum absolute atomic E-state index is 10.8. The van der Waals surface area contributed by atoms with Crippen LogP contribution in [0.2, 0.25) is 5.02 Å². The van der Waals surface area contributed by atoms with Crippen LogP contribution in [-0.4, -0.2) is 9.91 Å². The lowest BCUT2D eigenvalue weighted by Gasteiger charge is -2.03. The van der Waals surface area contributed by atoms with E-state index < -0.39 is 4.92 Å². The maximum atomic E-state index is 10.8. The van der Waals surface area contributed by atoms with Crippen LogP contribution in [0.4, 0.5) is 5.69 Å². The summed E-state index contributed by atoms with van der Waals surface area (Å²) in [5, 5.41) is 12.5. The molecule has 76 valence electrons. The number of rotatable bonds is 1. The van der Waals surface area contributed by atoms with Crippen molar-refractivity contribution < 1.29 is 4.92 Å². The zero-order valence-corrected chi connectivity index (χ0v) is 8.65. The molecule has 1 aromatic carbocycles. The minimum absolute atomic E-state index is 0.0417. The highest BCUT2D eigenvalue weighted by Crippen LogP contribution is 2.32. The smallest absolute Gasteiger partial charge is 0.261 e. The third-order valence-electron chi connectivity index (χ3n) is 2.24. The first kappa shape index (κ1) is 9.86. The number of fused-ring (bicyclic) bond motifs is 1. The van der Waals surface area contributed by atoms with Gasteiger partial charge in [0, 0.05) is 22.7 Å². The van der Waals surface area contributed by atoms with Crippen LogP contribution in [0, 0.1) is 17.0 Å². The molecule has 15 heavy (non-hydrogen) atoms. The van der Waals surface area contributed by atoms with Crippen LogP contribution in [0.15, 0.2) is 24.4 Å². The van der Waals surface area contributed by atoms with E-state index in [-0.39, 0.29) is 5.69 Å². The average molecular weight is 223 g/mol. The summed E-state index contributed by atoms with van der Waals surface area (Å²) in [6, 6.07) is 4.61. The number of hydrogen-bond donors (Lipinski definition) is 0. The van der Waals surface area contributed by atoms with Crippen molar-refractivity contribution in [3.8, 4) is 0 Å². The molecule has 0 bridgehead atoms. The van der Waals surface area contributed by atoms with Crippen LogP contribution in [0.25, 0.3) is 10.8 Å². The van der Waals surface area contributed by atoms with E-state index in [2.05, 4.69) is 4.98 Å². The molecule has 0 radical (unpaired) electrons. The molecule has 0 N–H and O–H groups in total. The Morgan fingerprint density at radius 1 is 1.40 bits per heavy atom. The first-order valence-corrected chi connectivity index (χ1v) is 4.67. The molecule has 0 fully saturated rings. The summed E-state index contributed by atoms with van der Waals surface area (Å²) in [4.78, 5) is 14.4. The van der Waals surface area contributed by atoms with E-state index in [1.165, 1.54) is 12.1 Å². The van der Waals surface area contributed by atoms with Crippen molar-refractivity contribution in [3.05, 3.63) is 45.2 Å². The molecule has 0 atom stereocenters. The topological polar surface area (TPSA) is 56.0 Å². The summed E-state index contributed by atoms with van der Waals surface area (Å²) in [6.45, 7) is 1.73.